The smallest absolute Gasteiger partial charge is 0.125 e. The summed E-state index contributed by atoms with van der Waals surface area (Å²) < 4.78 is 18.3. The van der Waals surface area contributed by atoms with Crippen LogP contribution in [0.3, 0.4) is 0 Å². The van der Waals surface area contributed by atoms with Gasteiger partial charge >= 0.3 is 0 Å². The van der Waals surface area contributed by atoms with Crippen LogP contribution in [-0.2, 0) is 34.0 Å². The summed E-state index contributed by atoms with van der Waals surface area (Å²) >= 11 is 0. The van der Waals surface area contributed by atoms with E-state index in [1.54, 1.807) is 24.4 Å². The van der Waals surface area contributed by atoms with Gasteiger partial charge in [-0.15, -0.1) is 0 Å². The molecule has 0 unspecified atom stereocenters. The summed E-state index contributed by atoms with van der Waals surface area (Å²) in [5.41, 5.74) is 3.32. The van der Waals surface area contributed by atoms with Crippen LogP contribution in [0.4, 0.5) is 0 Å². The number of pyridine rings is 1. The summed E-state index contributed by atoms with van der Waals surface area (Å²) in [6.45, 7) is 0.829. The van der Waals surface area contributed by atoms with Crippen molar-refractivity contribution in [3.05, 3.63) is 138 Å². The molecule has 0 fully saturated rings. The van der Waals surface area contributed by atoms with E-state index in [1.165, 1.54) is 0 Å². The van der Waals surface area contributed by atoms with Crippen LogP contribution >= 0.6 is 0 Å². The fraction of sp³-hybridized carbons (Fsp3) is 0.258. The van der Waals surface area contributed by atoms with Gasteiger partial charge in [-0.05, 0) is 28.8 Å². The standard InChI is InChI=1S/C31H33NO5/c33-28(23-35-20-24-12-4-1-5-13-24)30(36-21-25-14-6-2-7-15-25)31(29(34)27-18-10-11-19-32-27)37-22-26-16-8-3-9-17-26/h1-19,28-31,33-34H,20-23H2/t28-,29+,30-,31+/m1/s1. The number of hydrogen-bond acceptors (Lipinski definition) is 6. The Bertz CT molecular complexity index is 1150. The molecule has 0 radical (unpaired) electrons. The van der Waals surface area contributed by atoms with E-state index in [0.29, 0.717) is 12.3 Å². The zero-order valence-electron chi connectivity index (χ0n) is 20.7. The molecule has 0 aliphatic carbocycles. The van der Waals surface area contributed by atoms with Gasteiger partial charge < -0.3 is 24.4 Å². The van der Waals surface area contributed by atoms with Crippen LogP contribution in [0.25, 0.3) is 0 Å². The topological polar surface area (TPSA) is 81.0 Å². The summed E-state index contributed by atoms with van der Waals surface area (Å²) in [6, 6.07) is 34.5. The molecule has 1 aromatic heterocycles. The summed E-state index contributed by atoms with van der Waals surface area (Å²) in [5.74, 6) is 0. The van der Waals surface area contributed by atoms with E-state index < -0.39 is 24.4 Å². The molecule has 0 saturated carbocycles. The van der Waals surface area contributed by atoms with Crippen molar-refractivity contribution in [3.63, 3.8) is 0 Å². The fourth-order valence-electron chi connectivity index (χ4n) is 4.01. The van der Waals surface area contributed by atoms with Gasteiger partial charge in [0, 0.05) is 6.20 Å². The summed E-state index contributed by atoms with van der Waals surface area (Å²) in [6.07, 6.45) is -2.38. The number of benzene rings is 3. The maximum absolute atomic E-state index is 11.4. The molecule has 0 aliphatic heterocycles. The van der Waals surface area contributed by atoms with Crippen LogP contribution in [0.1, 0.15) is 28.5 Å². The molecule has 4 atom stereocenters. The van der Waals surface area contributed by atoms with E-state index in [2.05, 4.69) is 4.98 Å². The van der Waals surface area contributed by atoms with E-state index in [-0.39, 0.29) is 19.8 Å². The lowest BCUT2D eigenvalue weighted by molar-refractivity contribution is -0.178. The molecule has 0 spiro atoms. The highest BCUT2D eigenvalue weighted by molar-refractivity contribution is 5.16. The Morgan fingerprint density at radius 1 is 0.568 bits per heavy atom. The maximum Gasteiger partial charge on any atom is 0.125 e. The van der Waals surface area contributed by atoms with Crippen molar-refractivity contribution >= 4 is 0 Å². The van der Waals surface area contributed by atoms with Crippen LogP contribution in [-0.4, -0.2) is 40.1 Å². The third-order valence-corrected chi connectivity index (χ3v) is 5.98. The van der Waals surface area contributed by atoms with Gasteiger partial charge in [-0.1, -0.05) is 97.1 Å². The summed E-state index contributed by atoms with van der Waals surface area (Å²) in [4.78, 5) is 4.32. The molecule has 3 aromatic carbocycles. The zero-order valence-corrected chi connectivity index (χ0v) is 20.7. The van der Waals surface area contributed by atoms with Crippen molar-refractivity contribution in [2.45, 2.75) is 44.2 Å². The predicted octanol–water partition coefficient (Wildman–Crippen LogP) is 4.86. The van der Waals surface area contributed by atoms with E-state index >= 15 is 0 Å². The average Bonchev–Trinajstić information content (AvgIpc) is 2.96. The molecule has 0 amide bonds. The number of aliphatic hydroxyl groups is 2. The molecular formula is C31H33NO5. The monoisotopic (exact) mass is 499 g/mol. The zero-order chi connectivity index (χ0) is 25.7. The third-order valence-electron chi connectivity index (χ3n) is 5.98. The van der Waals surface area contributed by atoms with Crippen LogP contribution < -0.4 is 0 Å². The minimum absolute atomic E-state index is 0.00842. The molecule has 0 aliphatic rings. The second-order valence-corrected chi connectivity index (χ2v) is 8.79. The molecule has 6 nitrogen and oxygen atoms in total. The van der Waals surface area contributed by atoms with Crippen molar-refractivity contribution in [2.24, 2.45) is 0 Å². The van der Waals surface area contributed by atoms with Crippen LogP contribution in [0.15, 0.2) is 115 Å². The maximum atomic E-state index is 11.4. The molecule has 0 bridgehead atoms. The first-order valence-corrected chi connectivity index (χ1v) is 12.4. The highest BCUT2D eigenvalue weighted by atomic mass is 16.6. The summed E-state index contributed by atoms with van der Waals surface area (Å²) in [5, 5.41) is 22.6. The van der Waals surface area contributed by atoms with E-state index in [4.69, 9.17) is 14.2 Å². The highest BCUT2D eigenvalue weighted by Gasteiger charge is 2.37. The number of aliphatic hydroxyl groups excluding tert-OH is 2. The fourth-order valence-corrected chi connectivity index (χ4v) is 4.01. The minimum Gasteiger partial charge on any atom is -0.388 e. The molecule has 2 N–H and O–H groups in total. The Morgan fingerprint density at radius 3 is 1.57 bits per heavy atom. The van der Waals surface area contributed by atoms with Crippen LogP contribution in [0.5, 0.6) is 0 Å². The Labute approximate surface area is 218 Å². The summed E-state index contributed by atoms with van der Waals surface area (Å²) in [7, 11) is 0. The second-order valence-electron chi connectivity index (χ2n) is 8.79. The lowest BCUT2D eigenvalue weighted by atomic mass is 9.99. The van der Waals surface area contributed by atoms with Gasteiger partial charge in [0.05, 0.1) is 32.1 Å². The lowest BCUT2D eigenvalue weighted by Crippen LogP contribution is -2.46. The van der Waals surface area contributed by atoms with Gasteiger partial charge in [-0.3, -0.25) is 4.98 Å². The molecule has 0 saturated heterocycles. The van der Waals surface area contributed by atoms with Crippen molar-refractivity contribution in [1.82, 2.24) is 4.98 Å². The Hall–Kier alpha value is -3.39. The Morgan fingerprint density at radius 2 is 1.05 bits per heavy atom. The van der Waals surface area contributed by atoms with Gasteiger partial charge in [0.2, 0.25) is 0 Å². The number of aromatic nitrogens is 1. The van der Waals surface area contributed by atoms with Crippen molar-refractivity contribution in [2.75, 3.05) is 6.61 Å². The largest absolute Gasteiger partial charge is 0.388 e. The van der Waals surface area contributed by atoms with Gasteiger partial charge in [0.15, 0.2) is 0 Å². The highest BCUT2D eigenvalue weighted by Crippen LogP contribution is 2.26. The van der Waals surface area contributed by atoms with Crippen molar-refractivity contribution in [1.29, 1.82) is 0 Å². The predicted molar refractivity (Wildman–Crippen MR) is 141 cm³/mol. The molecule has 1 heterocycles. The Kier molecular flexibility index (Phi) is 10.4. The molecule has 4 aromatic rings. The third kappa shape index (κ3) is 8.32. The van der Waals surface area contributed by atoms with E-state index in [9.17, 15) is 10.2 Å². The minimum atomic E-state index is -1.13. The van der Waals surface area contributed by atoms with Crippen molar-refractivity contribution in [3.8, 4) is 0 Å². The van der Waals surface area contributed by atoms with Crippen molar-refractivity contribution < 1.29 is 24.4 Å². The number of hydrogen-bond donors (Lipinski definition) is 2. The lowest BCUT2D eigenvalue weighted by Gasteiger charge is -2.34. The normalized spacial score (nSPS) is 14.5. The molecule has 6 heteroatoms. The molecule has 192 valence electrons. The van der Waals surface area contributed by atoms with Crippen LogP contribution in [0.2, 0.25) is 0 Å². The van der Waals surface area contributed by atoms with E-state index in [0.717, 1.165) is 16.7 Å². The SMILES string of the molecule is O[C@H](COCc1ccccc1)[C@@H](OCc1ccccc1)[C@@H](OCc1ccccc1)[C@@H](O)c1ccccn1. The molecular weight excluding hydrogens is 466 g/mol. The number of ether oxygens (including phenoxy) is 3. The van der Waals surface area contributed by atoms with Crippen LogP contribution in [0, 0.1) is 0 Å². The average molecular weight is 500 g/mol. The Balaban J connectivity index is 1.54. The van der Waals surface area contributed by atoms with Gasteiger partial charge in [-0.2, -0.15) is 0 Å². The first-order valence-electron chi connectivity index (χ1n) is 12.4. The van der Waals surface area contributed by atoms with Gasteiger partial charge in [-0.25, -0.2) is 0 Å². The second kappa shape index (κ2) is 14.4. The number of rotatable bonds is 14. The van der Waals surface area contributed by atoms with Gasteiger partial charge in [0.25, 0.3) is 0 Å². The quantitative estimate of drug-likeness (QED) is 0.258. The van der Waals surface area contributed by atoms with Gasteiger partial charge in [0.1, 0.15) is 24.4 Å². The number of nitrogens with zero attached hydrogens (tertiary/aromatic N) is 1. The van der Waals surface area contributed by atoms with E-state index in [1.807, 2.05) is 91.0 Å². The first-order chi connectivity index (χ1) is 18.2. The molecule has 4 rings (SSSR count). The first kappa shape index (κ1) is 26.7. The molecule has 37 heavy (non-hydrogen) atoms.